The molecule has 0 saturated carbocycles. The van der Waals surface area contributed by atoms with Crippen molar-refractivity contribution in [1.29, 1.82) is 0 Å². The van der Waals surface area contributed by atoms with Gasteiger partial charge in [0.25, 0.3) is 0 Å². The van der Waals surface area contributed by atoms with Gasteiger partial charge in [0.2, 0.25) is 0 Å². The van der Waals surface area contributed by atoms with E-state index < -0.39 is 6.10 Å². The van der Waals surface area contributed by atoms with Gasteiger partial charge in [0.1, 0.15) is 0 Å². The van der Waals surface area contributed by atoms with E-state index in [-0.39, 0.29) is 12.0 Å². The Balaban J connectivity index is 2.65. The van der Waals surface area contributed by atoms with Crippen molar-refractivity contribution in [2.75, 3.05) is 0 Å². The van der Waals surface area contributed by atoms with E-state index in [9.17, 15) is 5.11 Å². The zero-order chi connectivity index (χ0) is 9.14. The SMILES string of the molecule is C[C@@H]([C@H](C)O)[C@@H](N)c1nn[nH]n1. The van der Waals surface area contributed by atoms with Gasteiger partial charge in [-0.3, -0.25) is 0 Å². The minimum Gasteiger partial charge on any atom is -0.393 e. The highest BCUT2D eigenvalue weighted by Crippen LogP contribution is 2.17. The number of aromatic nitrogens is 4. The maximum atomic E-state index is 9.22. The first kappa shape index (κ1) is 9.08. The number of aliphatic hydroxyl groups excluding tert-OH is 1. The molecule has 1 heterocycles. The predicted octanol–water partition coefficient (Wildman–Crippen LogP) is -0.784. The molecule has 68 valence electrons. The van der Waals surface area contributed by atoms with E-state index in [2.05, 4.69) is 20.6 Å². The van der Waals surface area contributed by atoms with Gasteiger partial charge in [0, 0.05) is 5.92 Å². The van der Waals surface area contributed by atoms with Crippen LogP contribution >= 0.6 is 0 Å². The van der Waals surface area contributed by atoms with E-state index in [1.165, 1.54) is 0 Å². The first-order valence-corrected chi connectivity index (χ1v) is 3.80. The summed E-state index contributed by atoms with van der Waals surface area (Å²) in [6, 6.07) is -0.372. The Labute approximate surface area is 70.2 Å². The lowest BCUT2D eigenvalue weighted by atomic mass is 9.97. The fraction of sp³-hybridized carbons (Fsp3) is 0.833. The Bertz CT molecular complexity index is 222. The van der Waals surface area contributed by atoms with Crippen LogP contribution in [0, 0.1) is 5.92 Å². The van der Waals surface area contributed by atoms with Crippen molar-refractivity contribution in [3.05, 3.63) is 5.82 Å². The minimum absolute atomic E-state index is 0.0809. The quantitative estimate of drug-likeness (QED) is 0.553. The Morgan fingerprint density at radius 1 is 1.50 bits per heavy atom. The smallest absolute Gasteiger partial charge is 0.191 e. The summed E-state index contributed by atoms with van der Waals surface area (Å²) < 4.78 is 0. The first-order valence-electron chi connectivity index (χ1n) is 3.80. The molecule has 0 saturated heterocycles. The molecule has 3 atom stereocenters. The number of aliphatic hydroxyl groups is 1. The molecule has 0 fully saturated rings. The summed E-state index contributed by atoms with van der Waals surface area (Å²) in [6.07, 6.45) is -0.474. The summed E-state index contributed by atoms with van der Waals surface area (Å²) in [7, 11) is 0. The normalized spacial score (nSPS) is 18.7. The lowest BCUT2D eigenvalue weighted by Gasteiger charge is -2.18. The second-order valence-corrected chi connectivity index (χ2v) is 2.90. The van der Waals surface area contributed by atoms with Crippen LogP contribution in [0.15, 0.2) is 0 Å². The summed E-state index contributed by atoms with van der Waals surface area (Å²) in [5.74, 6) is 0.353. The Kier molecular flexibility index (Phi) is 2.72. The molecule has 0 aliphatic heterocycles. The molecule has 0 amide bonds. The van der Waals surface area contributed by atoms with Gasteiger partial charge in [-0.25, -0.2) is 0 Å². The summed E-state index contributed by atoms with van der Waals surface area (Å²) in [5.41, 5.74) is 5.74. The summed E-state index contributed by atoms with van der Waals surface area (Å²) in [5, 5.41) is 22.4. The fourth-order valence-electron chi connectivity index (χ4n) is 0.846. The molecule has 0 radical (unpaired) electrons. The molecular formula is C6H13N5O. The maximum absolute atomic E-state index is 9.22. The molecule has 1 aromatic heterocycles. The number of hydrogen-bond acceptors (Lipinski definition) is 5. The fourth-order valence-corrected chi connectivity index (χ4v) is 0.846. The number of tetrazole rings is 1. The van der Waals surface area contributed by atoms with E-state index in [4.69, 9.17) is 5.73 Å². The second-order valence-electron chi connectivity index (χ2n) is 2.90. The summed E-state index contributed by atoms with van der Waals surface area (Å²) >= 11 is 0. The minimum atomic E-state index is -0.474. The number of nitrogens with one attached hydrogen (secondary N) is 1. The van der Waals surface area contributed by atoms with Crippen LogP contribution in [-0.4, -0.2) is 31.8 Å². The number of H-pyrrole nitrogens is 1. The van der Waals surface area contributed by atoms with Gasteiger partial charge in [-0.05, 0) is 6.92 Å². The average molecular weight is 171 g/mol. The molecule has 4 N–H and O–H groups in total. The van der Waals surface area contributed by atoms with Crippen LogP contribution in [0.25, 0.3) is 0 Å². The highest BCUT2D eigenvalue weighted by molar-refractivity contribution is 4.90. The van der Waals surface area contributed by atoms with E-state index in [1.54, 1.807) is 6.92 Å². The Morgan fingerprint density at radius 3 is 2.58 bits per heavy atom. The van der Waals surface area contributed by atoms with Crippen molar-refractivity contribution in [2.24, 2.45) is 11.7 Å². The van der Waals surface area contributed by atoms with Crippen molar-refractivity contribution < 1.29 is 5.11 Å². The molecule has 1 aromatic rings. The molecule has 6 nitrogen and oxygen atoms in total. The number of nitrogens with zero attached hydrogens (tertiary/aromatic N) is 3. The molecule has 12 heavy (non-hydrogen) atoms. The van der Waals surface area contributed by atoms with Gasteiger partial charge in [0.05, 0.1) is 12.1 Å². The van der Waals surface area contributed by atoms with Crippen molar-refractivity contribution in [3.8, 4) is 0 Å². The van der Waals surface area contributed by atoms with Crippen molar-refractivity contribution in [3.63, 3.8) is 0 Å². The van der Waals surface area contributed by atoms with Crippen molar-refractivity contribution in [2.45, 2.75) is 26.0 Å². The van der Waals surface area contributed by atoms with Crippen LogP contribution in [0.1, 0.15) is 25.7 Å². The summed E-state index contributed by atoms with van der Waals surface area (Å²) in [6.45, 7) is 3.52. The highest BCUT2D eigenvalue weighted by Gasteiger charge is 2.22. The third-order valence-corrected chi connectivity index (χ3v) is 1.99. The second kappa shape index (κ2) is 3.59. The number of aromatic amines is 1. The van der Waals surface area contributed by atoms with Crippen LogP contribution in [0.3, 0.4) is 0 Å². The van der Waals surface area contributed by atoms with Crippen LogP contribution in [0.4, 0.5) is 0 Å². The monoisotopic (exact) mass is 171 g/mol. The van der Waals surface area contributed by atoms with Gasteiger partial charge in [0.15, 0.2) is 5.82 Å². The van der Waals surface area contributed by atoms with E-state index in [0.29, 0.717) is 5.82 Å². The van der Waals surface area contributed by atoms with E-state index in [0.717, 1.165) is 0 Å². The lowest BCUT2D eigenvalue weighted by Crippen LogP contribution is -2.28. The zero-order valence-corrected chi connectivity index (χ0v) is 7.10. The maximum Gasteiger partial charge on any atom is 0.191 e. The van der Waals surface area contributed by atoms with Gasteiger partial charge < -0.3 is 10.8 Å². The largest absolute Gasteiger partial charge is 0.393 e. The van der Waals surface area contributed by atoms with Crippen LogP contribution < -0.4 is 5.73 Å². The first-order chi connectivity index (χ1) is 5.63. The molecule has 0 unspecified atom stereocenters. The van der Waals surface area contributed by atoms with Crippen LogP contribution in [0.5, 0.6) is 0 Å². The van der Waals surface area contributed by atoms with Crippen LogP contribution in [-0.2, 0) is 0 Å². The predicted molar refractivity (Wildman–Crippen MR) is 42.0 cm³/mol. The van der Waals surface area contributed by atoms with Crippen LogP contribution in [0.2, 0.25) is 0 Å². The number of hydrogen-bond donors (Lipinski definition) is 3. The lowest BCUT2D eigenvalue weighted by molar-refractivity contribution is 0.118. The average Bonchev–Trinajstić information content (AvgIpc) is 2.53. The zero-order valence-electron chi connectivity index (χ0n) is 7.10. The number of nitrogens with two attached hydrogens (primary N) is 1. The topological polar surface area (TPSA) is 101 Å². The highest BCUT2D eigenvalue weighted by atomic mass is 16.3. The van der Waals surface area contributed by atoms with Gasteiger partial charge in [-0.2, -0.15) is 5.21 Å². The molecule has 0 bridgehead atoms. The Morgan fingerprint density at radius 2 is 2.17 bits per heavy atom. The van der Waals surface area contributed by atoms with Gasteiger partial charge in [-0.1, -0.05) is 12.1 Å². The Hall–Kier alpha value is -1.01. The third-order valence-electron chi connectivity index (χ3n) is 1.99. The molecule has 6 heteroatoms. The van der Waals surface area contributed by atoms with E-state index in [1.807, 2.05) is 6.92 Å². The van der Waals surface area contributed by atoms with Gasteiger partial charge in [-0.15, -0.1) is 10.2 Å². The molecule has 0 aliphatic carbocycles. The number of rotatable bonds is 3. The van der Waals surface area contributed by atoms with Crippen molar-refractivity contribution >= 4 is 0 Å². The molecule has 0 aromatic carbocycles. The van der Waals surface area contributed by atoms with Crippen molar-refractivity contribution in [1.82, 2.24) is 20.6 Å². The standard InChI is InChI=1S/C6H13N5O/c1-3(4(2)12)5(7)6-8-10-11-9-6/h3-5,12H,7H2,1-2H3,(H,8,9,10,11)/t3-,4-,5+/m0/s1. The van der Waals surface area contributed by atoms with Gasteiger partial charge >= 0.3 is 0 Å². The third kappa shape index (κ3) is 1.77. The van der Waals surface area contributed by atoms with E-state index >= 15 is 0 Å². The summed E-state index contributed by atoms with van der Waals surface area (Å²) in [4.78, 5) is 0. The molecule has 1 rings (SSSR count). The molecule has 0 spiro atoms. The molecule has 0 aliphatic rings. The molecular weight excluding hydrogens is 158 g/mol.